The smallest absolute Gasteiger partial charge is 0.143 e. The molecular formula is C14H17ClN2S. The molecule has 0 unspecified atom stereocenters. The van der Waals surface area contributed by atoms with Crippen LogP contribution < -0.4 is 0 Å². The fourth-order valence-corrected chi connectivity index (χ4v) is 2.72. The molecule has 0 saturated heterocycles. The summed E-state index contributed by atoms with van der Waals surface area (Å²) in [4.78, 5) is 0. The molecule has 2 rings (SSSR count). The van der Waals surface area contributed by atoms with Gasteiger partial charge in [-0.3, -0.25) is 0 Å². The first-order valence-electron chi connectivity index (χ1n) is 6.19. The number of hydrogen-bond acceptors (Lipinski definition) is 3. The molecule has 18 heavy (non-hydrogen) atoms. The van der Waals surface area contributed by atoms with E-state index in [9.17, 15) is 0 Å². The van der Waals surface area contributed by atoms with Gasteiger partial charge in [0.1, 0.15) is 10.0 Å². The Hall–Kier alpha value is -0.930. The summed E-state index contributed by atoms with van der Waals surface area (Å²) in [5.41, 5.74) is 2.50. The number of aryl methyl sites for hydroxylation is 1. The molecule has 0 atom stereocenters. The average Bonchev–Trinajstić information content (AvgIpc) is 2.85. The summed E-state index contributed by atoms with van der Waals surface area (Å²) in [7, 11) is 0. The van der Waals surface area contributed by atoms with E-state index in [0.717, 1.165) is 28.4 Å². The quantitative estimate of drug-likeness (QED) is 0.754. The first-order chi connectivity index (χ1) is 8.70. The molecule has 1 aromatic carbocycles. The number of rotatable bonds is 5. The third-order valence-electron chi connectivity index (χ3n) is 2.82. The first-order valence-corrected chi connectivity index (χ1v) is 7.54. The summed E-state index contributed by atoms with van der Waals surface area (Å²) < 4.78 is 0. The van der Waals surface area contributed by atoms with Gasteiger partial charge in [0.25, 0.3) is 0 Å². The van der Waals surface area contributed by atoms with Gasteiger partial charge in [-0.1, -0.05) is 49.4 Å². The Morgan fingerprint density at radius 3 is 2.50 bits per heavy atom. The monoisotopic (exact) mass is 280 g/mol. The highest BCUT2D eigenvalue weighted by atomic mass is 35.5. The molecule has 1 heterocycles. The van der Waals surface area contributed by atoms with Crippen molar-refractivity contribution in [1.82, 2.24) is 10.2 Å². The topological polar surface area (TPSA) is 25.8 Å². The molecule has 4 heteroatoms. The highest BCUT2D eigenvalue weighted by molar-refractivity contribution is 7.14. The van der Waals surface area contributed by atoms with Crippen LogP contribution >= 0.6 is 22.9 Å². The van der Waals surface area contributed by atoms with E-state index in [-0.39, 0.29) is 0 Å². The maximum Gasteiger partial charge on any atom is 0.147 e. The Morgan fingerprint density at radius 2 is 1.89 bits per heavy atom. The van der Waals surface area contributed by atoms with Gasteiger partial charge in [0.05, 0.1) is 0 Å². The lowest BCUT2D eigenvalue weighted by atomic mass is 10.0. The molecule has 2 nitrogen and oxygen atoms in total. The minimum atomic E-state index is 0.563. The van der Waals surface area contributed by atoms with E-state index in [2.05, 4.69) is 48.3 Å². The summed E-state index contributed by atoms with van der Waals surface area (Å²) in [5, 5.41) is 10.5. The van der Waals surface area contributed by atoms with E-state index in [1.165, 1.54) is 5.56 Å². The van der Waals surface area contributed by atoms with Gasteiger partial charge in [-0.05, 0) is 17.9 Å². The summed E-state index contributed by atoms with van der Waals surface area (Å²) in [6.07, 6.45) is 1.88. The van der Waals surface area contributed by atoms with E-state index in [0.29, 0.717) is 11.8 Å². The summed E-state index contributed by atoms with van der Waals surface area (Å²) in [5.74, 6) is 1.24. The van der Waals surface area contributed by atoms with Crippen molar-refractivity contribution >= 4 is 22.9 Å². The van der Waals surface area contributed by atoms with Gasteiger partial charge in [-0.2, -0.15) is 0 Å². The summed E-state index contributed by atoms with van der Waals surface area (Å²) in [6.45, 7) is 4.40. The zero-order valence-electron chi connectivity index (χ0n) is 10.7. The average molecular weight is 281 g/mol. The van der Waals surface area contributed by atoms with Crippen molar-refractivity contribution in [2.24, 2.45) is 0 Å². The zero-order valence-corrected chi connectivity index (χ0v) is 12.3. The van der Waals surface area contributed by atoms with Crippen LogP contribution in [0.4, 0.5) is 0 Å². The van der Waals surface area contributed by atoms with Crippen LogP contribution in [-0.2, 0) is 6.42 Å². The van der Waals surface area contributed by atoms with Crippen LogP contribution in [-0.4, -0.2) is 16.1 Å². The van der Waals surface area contributed by atoms with Crippen LogP contribution in [0.1, 0.15) is 36.8 Å². The second kappa shape index (κ2) is 6.30. The Balaban J connectivity index is 2.13. The van der Waals surface area contributed by atoms with Crippen LogP contribution in [0.2, 0.25) is 0 Å². The van der Waals surface area contributed by atoms with E-state index in [4.69, 9.17) is 11.6 Å². The maximum absolute atomic E-state index is 5.68. The number of nitrogens with zero attached hydrogens (tertiary/aromatic N) is 2. The lowest BCUT2D eigenvalue weighted by molar-refractivity contribution is 0.867. The van der Waals surface area contributed by atoms with E-state index in [1.807, 2.05) is 0 Å². The van der Waals surface area contributed by atoms with E-state index in [1.54, 1.807) is 11.3 Å². The Labute approximate surface area is 117 Å². The molecule has 96 valence electrons. The van der Waals surface area contributed by atoms with E-state index < -0.39 is 0 Å². The first kappa shape index (κ1) is 13.5. The molecule has 0 aliphatic rings. The summed E-state index contributed by atoms with van der Waals surface area (Å²) >= 11 is 7.34. The predicted molar refractivity (Wildman–Crippen MR) is 78.5 cm³/mol. The second-order valence-electron chi connectivity index (χ2n) is 4.57. The molecule has 0 N–H and O–H groups in total. The molecule has 1 aromatic heterocycles. The van der Waals surface area contributed by atoms with Crippen molar-refractivity contribution in [3.05, 3.63) is 34.8 Å². The minimum Gasteiger partial charge on any atom is -0.143 e. The molecule has 0 amide bonds. The Bertz CT molecular complexity index is 491. The van der Waals surface area contributed by atoms with Crippen molar-refractivity contribution in [2.45, 2.75) is 32.6 Å². The molecule has 0 aliphatic carbocycles. The number of halogens is 1. The Morgan fingerprint density at radius 1 is 1.17 bits per heavy atom. The third kappa shape index (κ3) is 3.30. The Kier molecular flexibility index (Phi) is 4.72. The van der Waals surface area contributed by atoms with Gasteiger partial charge in [0.15, 0.2) is 0 Å². The van der Waals surface area contributed by atoms with Crippen LogP contribution in [0.3, 0.4) is 0 Å². The van der Waals surface area contributed by atoms with Crippen LogP contribution in [0.15, 0.2) is 24.3 Å². The van der Waals surface area contributed by atoms with Crippen LogP contribution in [0.5, 0.6) is 0 Å². The molecule has 0 aliphatic heterocycles. The van der Waals surface area contributed by atoms with Crippen molar-refractivity contribution < 1.29 is 0 Å². The number of benzene rings is 1. The minimum absolute atomic E-state index is 0.563. The normalized spacial score (nSPS) is 11.1. The molecule has 0 bridgehead atoms. The maximum atomic E-state index is 5.68. The van der Waals surface area contributed by atoms with Gasteiger partial charge in [0.2, 0.25) is 0 Å². The third-order valence-corrected chi connectivity index (χ3v) is 4.11. The highest BCUT2D eigenvalue weighted by Crippen LogP contribution is 2.26. The predicted octanol–water partition coefficient (Wildman–Crippen LogP) is 4.50. The standard InChI is InChI=1S/C14H17ClN2S/c1-10(2)11-5-7-12(8-6-11)14-17-16-13(18-14)4-3-9-15/h5-8,10H,3-4,9H2,1-2H3. The van der Waals surface area contributed by atoms with Crippen molar-refractivity contribution in [2.75, 3.05) is 5.88 Å². The van der Waals surface area contributed by atoms with Gasteiger partial charge in [0, 0.05) is 17.9 Å². The fourth-order valence-electron chi connectivity index (χ4n) is 1.70. The van der Waals surface area contributed by atoms with Crippen molar-refractivity contribution in [1.29, 1.82) is 0 Å². The molecular weight excluding hydrogens is 264 g/mol. The lowest BCUT2D eigenvalue weighted by Crippen LogP contribution is -1.86. The molecule has 2 aromatic rings. The van der Waals surface area contributed by atoms with Gasteiger partial charge < -0.3 is 0 Å². The SMILES string of the molecule is CC(C)c1ccc(-c2nnc(CCCCl)s2)cc1. The summed E-state index contributed by atoms with van der Waals surface area (Å²) in [6, 6.07) is 8.59. The zero-order chi connectivity index (χ0) is 13.0. The largest absolute Gasteiger partial charge is 0.147 e. The van der Waals surface area contributed by atoms with Gasteiger partial charge >= 0.3 is 0 Å². The van der Waals surface area contributed by atoms with Gasteiger partial charge in [-0.15, -0.1) is 21.8 Å². The molecule has 0 saturated carbocycles. The van der Waals surface area contributed by atoms with Gasteiger partial charge in [-0.25, -0.2) is 0 Å². The molecule has 0 spiro atoms. The molecule has 0 fully saturated rings. The van der Waals surface area contributed by atoms with E-state index >= 15 is 0 Å². The number of hydrogen-bond donors (Lipinski definition) is 0. The number of aromatic nitrogens is 2. The fraction of sp³-hybridized carbons (Fsp3) is 0.429. The highest BCUT2D eigenvalue weighted by Gasteiger charge is 2.07. The van der Waals surface area contributed by atoms with Crippen molar-refractivity contribution in [3.8, 4) is 10.6 Å². The number of alkyl halides is 1. The molecule has 0 radical (unpaired) electrons. The van der Waals surface area contributed by atoms with Crippen LogP contribution in [0, 0.1) is 0 Å². The van der Waals surface area contributed by atoms with Crippen LogP contribution in [0.25, 0.3) is 10.6 Å². The lowest BCUT2D eigenvalue weighted by Gasteiger charge is -2.04. The van der Waals surface area contributed by atoms with Crippen molar-refractivity contribution in [3.63, 3.8) is 0 Å². The second-order valence-corrected chi connectivity index (χ2v) is 6.01.